The first-order valence-corrected chi connectivity index (χ1v) is 7.30. The third kappa shape index (κ3) is 3.28. The number of pyridine rings is 1. The summed E-state index contributed by atoms with van der Waals surface area (Å²) < 4.78 is 0. The lowest BCUT2D eigenvalue weighted by Crippen LogP contribution is -2.48. The molecule has 0 aromatic carbocycles. The van der Waals surface area contributed by atoms with Crippen LogP contribution in [0.25, 0.3) is 0 Å². The smallest absolute Gasteiger partial charge is 0.254 e. The molecule has 20 heavy (non-hydrogen) atoms. The summed E-state index contributed by atoms with van der Waals surface area (Å²) in [5.41, 5.74) is 7.35. The number of hydrogen-bond donors (Lipinski definition) is 1. The van der Waals surface area contributed by atoms with E-state index in [9.17, 15) is 4.79 Å². The maximum Gasteiger partial charge on any atom is 0.254 e. The Bertz CT molecular complexity index is 479. The molecule has 5 nitrogen and oxygen atoms in total. The third-order valence-corrected chi connectivity index (χ3v) is 3.81. The zero-order valence-electron chi connectivity index (χ0n) is 12.6. The van der Waals surface area contributed by atoms with E-state index < -0.39 is 0 Å². The molecule has 0 atom stereocenters. The van der Waals surface area contributed by atoms with E-state index in [4.69, 9.17) is 5.73 Å². The van der Waals surface area contributed by atoms with Gasteiger partial charge in [-0.3, -0.25) is 4.79 Å². The van der Waals surface area contributed by atoms with Gasteiger partial charge in [0.25, 0.3) is 5.91 Å². The van der Waals surface area contributed by atoms with Crippen LogP contribution < -0.4 is 5.73 Å². The van der Waals surface area contributed by atoms with Crippen LogP contribution in [0.3, 0.4) is 0 Å². The summed E-state index contributed by atoms with van der Waals surface area (Å²) in [6.45, 7) is 10.8. The van der Waals surface area contributed by atoms with Crippen molar-refractivity contribution < 1.29 is 4.79 Å². The molecule has 1 aromatic rings. The van der Waals surface area contributed by atoms with Gasteiger partial charge in [-0.25, -0.2) is 4.98 Å². The van der Waals surface area contributed by atoms with Crippen molar-refractivity contribution in [3.8, 4) is 0 Å². The molecule has 0 spiro atoms. The van der Waals surface area contributed by atoms with E-state index >= 15 is 0 Å². The van der Waals surface area contributed by atoms with E-state index in [0.717, 1.165) is 38.4 Å². The molecule has 0 aliphatic carbocycles. The highest BCUT2D eigenvalue weighted by Gasteiger charge is 2.22. The Morgan fingerprint density at radius 2 is 1.95 bits per heavy atom. The van der Waals surface area contributed by atoms with E-state index in [-0.39, 0.29) is 11.8 Å². The highest BCUT2D eigenvalue weighted by Crippen LogP contribution is 2.18. The van der Waals surface area contributed by atoms with Crippen molar-refractivity contribution in [2.75, 3.05) is 38.5 Å². The van der Waals surface area contributed by atoms with E-state index in [1.54, 1.807) is 6.07 Å². The minimum Gasteiger partial charge on any atom is -0.384 e. The van der Waals surface area contributed by atoms with Gasteiger partial charge >= 0.3 is 0 Å². The van der Waals surface area contributed by atoms with Crippen LogP contribution in [0, 0.1) is 0 Å². The van der Waals surface area contributed by atoms with E-state index in [1.165, 1.54) is 0 Å². The molecule has 110 valence electrons. The van der Waals surface area contributed by atoms with Crippen LogP contribution >= 0.6 is 0 Å². The lowest BCUT2D eigenvalue weighted by atomic mass is 10.1. The van der Waals surface area contributed by atoms with Gasteiger partial charge in [0.1, 0.15) is 5.82 Å². The van der Waals surface area contributed by atoms with Crippen LogP contribution in [0.15, 0.2) is 12.1 Å². The zero-order chi connectivity index (χ0) is 14.7. The first kappa shape index (κ1) is 14.8. The predicted molar refractivity (Wildman–Crippen MR) is 80.8 cm³/mol. The number of carbonyl (C=O) groups excluding carboxylic acids is 1. The molecule has 1 aliphatic heterocycles. The monoisotopic (exact) mass is 276 g/mol. The molecular formula is C15H24N4O. The number of piperazine rings is 1. The van der Waals surface area contributed by atoms with Crippen molar-refractivity contribution in [3.63, 3.8) is 0 Å². The maximum atomic E-state index is 12.5. The standard InChI is InChI=1S/C15H24N4O/c1-4-18-5-7-19(8-6-18)15(20)12-9-13(11(2)3)17-14(16)10-12/h9-11H,4-8H2,1-3H3,(H2,16,17). The predicted octanol–water partition coefficient (Wildman–Crippen LogP) is 1.56. The topological polar surface area (TPSA) is 62.5 Å². The Morgan fingerprint density at radius 1 is 1.30 bits per heavy atom. The highest BCUT2D eigenvalue weighted by atomic mass is 16.2. The molecule has 1 amide bonds. The van der Waals surface area contributed by atoms with Crippen LogP contribution in [0.4, 0.5) is 5.82 Å². The molecule has 0 bridgehead atoms. The average Bonchev–Trinajstić information content (AvgIpc) is 2.46. The third-order valence-electron chi connectivity index (χ3n) is 3.81. The second kappa shape index (κ2) is 6.22. The quantitative estimate of drug-likeness (QED) is 0.910. The number of nitrogens with zero attached hydrogens (tertiary/aromatic N) is 3. The van der Waals surface area contributed by atoms with Crippen molar-refractivity contribution in [2.24, 2.45) is 0 Å². The zero-order valence-corrected chi connectivity index (χ0v) is 12.6. The number of nitrogen functional groups attached to an aromatic ring is 1. The molecule has 0 saturated carbocycles. The summed E-state index contributed by atoms with van der Waals surface area (Å²) in [6.07, 6.45) is 0. The fourth-order valence-electron chi connectivity index (χ4n) is 2.44. The minimum absolute atomic E-state index is 0.0664. The van der Waals surface area contributed by atoms with Crippen LogP contribution in [0.1, 0.15) is 42.7 Å². The number of nitrogens with two attached hydrogens (primary N) is 1. The van der Waals surface area contributed by atoms with E-state index in [2.05, 4.69) is 30.7 Å². The van der Waals surface area contributed by atoms with Gasteiger partial charge in [0.2, 0.25) is 0 Å². The molecule has 0 radical (unpaired) electrons. The molecule has 1 aliphatic rings. The molecule has 2 N–H and O–H groups in total. The number of carbonyl (C=O) groups is 1. The van der Waals surface area contributed by atoms with Crippen LogP contribution in [-0.2, 0) is 0 Å². The molecule has 5 heteroatoms. The van der Waals surface area contributed by atoms with Crippen molar-refractivity contribution in [3.05, 3.63) is 23.4 Å². The molecule has 0 unspecified atom stereocenters. The average molecular weight is 276 g/mol. The fraction of sp³-hybridized carbons (Fsp3) is 0.600. The SMILES string of the molecule is CCN1CCN(C(=O)c2cc(N)nc(C(C)C)c2)CC1. The lowest BCUT2D eigenvalue weighted by Gasteiger charge is -2.34. The lowest BCUT2D eigenvalue weighted by molar-refractivity contribution is 0.0643. The first-order valence-electron chi connectivity index (χ1n) is 7.30. The normalized spacial score (nSPS) is 16.7. The van der Waals surface area contributed by atoms with Gasteiger partial charge in [0, 0.05) is 37.4 Å². The number of aromatic nitrogens is 1. The molecule has 2 rings (SSSR count). The van der Waals surface area contributed by atoms with Gasteiger partial charge in [-0.05, 0) is 24.6 Å². The number of rotatable bonds is 3. The summed E-state index contributed by atoms with van der Waals surface area (Å²) in [7, 11) is 0. The second-order valence-corrected chi connectivity index (χ2v) is 5.59. The summed E-state index contributed by atoms with van der Waals surface area (Å²) in [5.74, 6) is 0.755. The molecule has 1 fully saturated rings. The van der Waals surface area contributed by atoms with Gasteiger partial charge in [-0.1, -0.05) is 20.8 Å². The van der Waals surface area contributed by atoms with Gasteiger partial charge in [0.15, 0.2) is 0 Å². The first-order chi connectivity index (χ1) is 9.51. The summed E-state index contributed by atoms with van der Waals surface area (Å²) in [6, 6.07) is 3.55. The Hall–Kier alpha value is -1.62. The minimum atomic E-state index is 0.0664. The van der Waals surface area contributed by atoms with Crippen LogP contribution in [0.5, 0.6) is 0 Å². The summed E-state index contributed by atoms with van der Waals surface area (Å²) >= 11 is 0. The highest BCUT2D eigenvalue weighted by molar-refractivity contribution is 5.95. The number of hydrogen-bond acceptors (Lipinski definition) is 4. The van der Waals surface area contributed by atoms with E-state index in [0.29, 0.717) is 11.4 Å². The summed E-state index contributed by atoms with van der Waals surface area (Å²) in [4.78, 5) is 21.1. The maximum absolute atomic E-state index is 12.5. The number of likely N-dealkylation sites (N-methyl/N-ethyl adjacent to an activating group) is 1. The summed E-state index contributed by atoms with van der Waals surface area (Å²) in [5, 5.41) is 0. The molecule has 1 saturated heterocycles. The van der Waals surface area contributed by atoms with Crippen LogP contribution in [-0.4, -0.2) is 53.4 Å². The van der Waals surface area contributed by atoms with Crippen molar-refractivity contribution in [2.45, 2.75) is 26.7 Å². The molecule has 1 aromatic heterocycles. The number of amides is 1. The Morgan fingerprint density at radius 3 is 2.50 bits per heavy atom. The van der Waals surface area contributed by atoms with Gasteiger partial charge in [-0.2, -0.15) is 0 Å². The van der Waals surface area contributed by atoms with Crippen LogP contribution in [0.2, 0.25) is 0 Å². The van der Waals surface area contributed by atoms with E-state index in [1.807, 2.05) is 11.0 Å². The van der Waals surface area contributed by atoms with Gasteiger partial charge in [0.05, 0.1) is 0 Å². The molecular weight excluding hydrogens is 252 g/mol. The Labute approximate surface area is 120 Å². The second-order valence-electron chi connectivity index (χ2n) is 5.59. The molecule has 2 heterocycles. The largest absolute Gasteiger partial charge is 0.384 e. The van der Waals surface area contributed by atoms with Gasteiger partial charge < -0.3 is 15.5 Å². The van der Waals surface area contributed by atoms with Crippen molar-refractivity contribution in [1.82, 2.24) is 14.8 Å². The van der Waals surface area contributed by atoms with Gasteiger partial charge in [-0.15, -0.1) is 0 Å². The Balaban J connectivity index is 2.13. The fourth-order valence-corrected chi connectivity index (χ4v) is 2.44. The number of anilines is 1. The Kier molecular flexibility index (Phi) is 4.60. The van der Waals surface area contributed by atoms with Crippen molar-refractivity contribution in [1.29, 1.82) is 0 Å². The van der Waals surface area contributed by atoms with Crippen molar-refractivity contribution >= 4 is 11.7 Å².